The van der Waals surface area contributed by atoms with Crippen LogP contribution in [0.3, 0.4) is 0 Å². The first-order chi connectivity index (χ1) is 15.0. The average Bonchev–Trinajstić information content (AvgIpc) is 2.64. The number of hydrogen-bond donors (Lipinski definition) is 3. The standard InChI is InChI=1S/C27H45NO5/c1-17(2)20(15-19-10-12-21(13-11-19)26(4,5)6)16-22(23(29)14-18(3)24(30)31)28-25(32)33-27(7,8)9/h10-13,17-18,20,22-23,29H,14-16H2,1-9H3,(H,28,32)(H,30,31)/t18?,20-,22-,23-/m0/s1. The lowest BCUT2D eigenvalue weighted by molar-refractivity contribution is -0.142. The summed E-state index contributed by atoms with van der Waals surface area (Å²) in [6.45, 7) is 17.7. The number of carboxylic acids is 1. The SMILES string of the molecule is CC(C[C@H](O)[C@H](C[C@H](Cc1ccc(C(C)(C)C)cc1)C(C)C)NC(=O)OC(C)(C)C)C(=O)O. The topological polar surface area (TPSA) is 95.9 Å². The largest absolute Gasteiger partial charge is 0.481 e. The van der Waals surface area contributed by atoms with Gasteiger partial charge in [0.25, 0.3) is 0 Å². The highest BCUT2D eigenvalue weighted by molar-refractivity contribution is 5.70. The quantitative estimate of drug-likeness (QED) is 0.422. The molecular weight excluding hydrogens is 418 g/mol. The van der Waals surface area contributed by atoms with Gasteiger partial charge < -0.3 is 20.3 Å². The summed E-state index contributed by atoms with van der Waals surface area (Å²) < 4.78 is 5.40. The van der Waals surface area contributed by atoms with Gasteiger partial charge in [-0.3, -0.25) is 4.79 Å². The zero-order chi connectivity index (χ0) is 25.6. The van der Waals surface area contributed by atoms with E-state index in [2.05, 4.69) is 64.2 Å². The van der Waals surface area contributed by atoms with Crippen molar-refractivity contribution < 1.29 is 24.5 Å². The molecule has 1 aromatic rings. The Balaban J connectivity index is 3.05. The van der Waals surface area contributed by atoms with E-state index in [-0.39, 0.29) is 17.8 Å². The lowest BCUT2D eigenvalue weighted by Crippen LogP contribution is -2.47. The van der Waals surface area contributed by atoms with Crippen LogP contribution < -0.4 is 5.32 Å². The molecule has 1 rings (SSSR count). The van der Waals surface area contributed by atoms with Crippen molar-refractivity contribution in [3.05, 3.63) is 35.4 Å². The molecule has 0 saturated carbocycles. The summed E-state index contributed by atoms with van der Waals surface area (Å²) in [6.07, 6.45) is -0.220. The molecule has 33 heavy (non-hydrogen) atoms. The fourth-order valence-electron chi connectivity index (χ4n) is 3.76. The summed E-state index contributed by atoms with van der Waals surface area (Å²) >= 11 is 0. The summed E-state index contributed by atoms with van der Waals surface area (Å²) in [7, 11) is 0. The maximum absolute atomic E-state index is 12.5. The lowest BCUT2D eigenvalue weighted by Gasteiger charge is -2.32. The molecule has 6 nitrogen and oxygen atoms in total. The predicted molar refractivity (Wildman–Crippen MR) is 132 cm³/mol. The van der Waals surface area contributed by atoms with Crippen LogP contribution in [0.2, 0.25) is 0 Å². The Bertz CT molecular complexity index is 758. The van der Waals surface area contributed by atoms with Crippen LogP contribution >= 0.6 is 0 Å². The van der Waals surface area contributed by atoms with Crippen molar-refractivity contribution in [3.63, 3.8) is 0 Å². The molecule has 4 atom stereocenters. The maximum Gasteiger partial charge on any atom is 0.407 e. The molecule has 0 radical (unpaired) electrons. The smallest absolute Gasteiger partial charge is 0.407 e. The minimum absolute atomic E-state index is 0.0564. The second-order valence-corrected chi connectivity index (χ2v) is 11.7. The maximum atomic E-state index is 12.5. The third-order valence-electron chi connectivity index (χ3n) is 6.00. The molecule has 0 bridgehead atoms. The van der Waals surface area contributed by atoms with E-state index < -0.39 is 35.7 Å². The highest BCUT2D eigenvalue weighted by atomic mass is 16.6. The summed E-state index contributed by atoms with van der Waals surface area (Å²) in [5, 5.41) is 22.9. The molecular formula is C27H45NO5. The van der Waals surface area contributed by atoms with Crippen molar-refractivity contribution in [2.24, 2.45) is 17.8 Å². The monoisotopic (exact) mass is 463 g/mol. The van der Waals surface area contributed by atoms with Gasteiger partial charge in [0.2, 0.25) is 0 Å². The molecule has 0 aliphatic rings. The fourth-order valence-corrected chi connectivity index (χ4v) is 3.76. The van der Waals surface area contributed by atoms with Gasteiger partial charge >= 0.3 is 12.1 Å². The van der Waals surface area contributed by atoms with Crippen LogP contribution in [0.1, 0.15) is 86.3 Å². The number of alkyl carbamates (subject to hydrolysis) is 1. The van der Waals surface area contributed by atoms with E-state index in [1.807, 2.05) is 0 Å². The number of ether oxygens (including phenoxy) is 1. The molecule has 0 spiro atoms. The summed E-state index contributed by atoms with van der Waals surface area (Å²) in [6, 6.07) is 8.01. The highest BCUT2D eigenvalue weighted by Gasteiger charge is 2.30. The molecule has 1 amide bonds. The Morgan fingerprint density at radius 2 is 1.52 bits per heavy atom. The molecule has 188 valence electrons. The number of carboxylic acid groups (broad SMARTS) is 1. The molecule has 6 heteroatoms. The van der Waals surface area contributed by atoms with Crippen LogP contribution in [-0.2, 0) is 21.4 Å². The van der Waals surface area contributed by atoms with E-state index in [0.717, 1.165) is 6.42 Å². The first-order valence-corrected chi connectivity index (χ1v) is 12.0. The molecule has 1 aromatic carbocycles. The minimum Gasteiger partial charge on any atom is -0.481 e. The van der Waals surface area contributed by atoms with Gasteiger partial charge in [0, 0.05) is 0 Å². The van der Waals surface area contributed by atoms with E-state index in [4.69, 9.17) is 4.74 Å². The van der Waals surface area contributed by atoms with E-state index in [0.29, 0.717) is 12.3 Å². The van der Waals surface area contributed by atoms with Crippen LogP contribution in [0, 0.1) is 17.8 Å². The van der Waals surface area contributed by atoms with Gasteiger partial charge in [-0.2, -0.15) is 0 Å². The molecule has 0 saturated heterocycles. The van der Waals surface area contributed by atoms with E-state index in [1.54, 1.807) is 27.7 Å². The van der Waals surface area contributed by atoms with E-state index in [9.17, 15) is 19.8 Å². The number of aliphatic carboxylic acids is 1. The molecule has 0 aromatic heterocycles. The third kappa shape index (κ3) is 10.6. The average molecular weight is 464 g/mol. The number of benzene rings is 1. The van der Waals surface area contributed by atoms with Crippen molar-refractivity contribution in [2.75, 3.05) is 0 Å². The third-order valence-corrected chi connectivity index (χ3v) is 6.00. The number of carbonyl (C=O) groups excluding carboxylic acids is 1. The minimum atomic E-state index is -0.992. The number of carbonyl (C=O) groups is 2. The molecule has 1 unspecified atom stereocenters. The molecule has 0 aliphatic heterocycles. The second-order valence-electron chi connectivity index (χ2n) is 11.7. The molecule has 0 heterocycles. The van der Waals surface area contributed by atoms with Gasteiger partial charge in [-0.1, -0.05) is 65.8 Å². The Kier molecular flexibility index (Phi) is 10.4. The molecule has 3 N–H and O–H groups in total. The van der Waals surface area contributed by atoms with Crippen LogP contribution in [0.25, 0.3) is 0 Å². The summed E-state index contributed by atoms with van der Waals surface area (Å²) in [4.78, 5) is 23.8. The molecule has 0 aliphatic carbocycles. The van der Waals surface area contributed by atoms with E-state index >= 15 is 0 Å². The number of hydrogen-bond acceptors (Lipinski definition) is 4. The van der Waals surface area contributed by atoms with Crippen molar-refractivity contribution in [1.82, 2.24) is 5.32 Å². The van der Waals surface area contributed by atoms with Gasteiger partial charge in [-0.25, -0.2) is 4.79 Å². The number of aliphatic hydroxyl groups is 1. The second kappa shape index (κ2) is 11.9. The Morgan fingerprint density at radius 3 is 1.94 bits per heavy atom. The fraction of sp³-hybridized carbons (Fsp3) is 0.704. The normalized spacial score (nSPS) is 16.1. The van der Waals surface area contributed by atoms with Crippen LogP contribution in [0.4, 0.5) is 4.79 Å². The summed E-state index contributed by atoms with van der Waals surface area (Å²) in [5.41, 5.74) is 1.89. The zero-order valence-corrected chi connectivity index (χ0v) is 21.9. The van der Waals surface area contributed by atoms with Crippen molar-refractivity contribution in [3.8, 4) is 0 Å². The van der Waals surface area contributed by atoms with Crippen LogP contribution in [-0.4, -0.2) is 40.0 Å². The van der Waals surface area contributed by atoms with Crippen LogP contribution in [0.5, 0.6) is 0 Å². The Hall–Kier alpha value is -2.08. The number of rotatable bonds is 10. The predicted octanol–water partition coefficient (Wildman–Crippen LogP) is 5.55. The van der Waals surface area contributed by atoms with Crippen molar-refractivity contribution in [1.29, 1.82) is 0 Å². The Morgan fingerprint density at radius 1 is 0.970 bits per heavy atom. The van der Waals surface area contributed by atoms with Gasteiger partial charge in [0.15, 0.2) is 0 Å². The first kappa shape index (κ1) is 29.0. The summed E-state index contributed by atoms with van der Waals surface area (Å²) in [5.74, 6) is -1.20. The Labute approximate surface area is 200 Å². The first-order valence-electron chi connectivity index (χ1n) is 12.0. The number of nitrogens with one attached hydrogen (secondary N) is 1. The van der Waals surface area contributed by atoms with Gasteiger partial charge in [0.05, 0.1) is 18.1 Å². The molecule has 0 fully saturated rings. The lowest BCUT2D eigenvalue weighted by atomic mass is 9.81. The highest BCUT2D eigenvalue weighted by Crippen LogP contribution is 2.27. The van der Waals surface area contributed by atoms with Crippen molar-refractivity contribution >= 4 is 12.1 Å². The number of aliphatic hydroxyl groups excluding tert-OH is 1. The van der Waals surface area contributed by atoms with Crippen molar-refractivity contribution in [2.45, 2.75) is 105 Å². The zero-order valence-electron chi connectivity index (χ0n) is 21.9. The van der Waals surface area contributed by atoms with Crippen LogP contribution in [0.15, 0.2) is 24.3 Å². The number of amides is 1. The van der Waals surface area contributed by atoms with Gasteiger partial charge in [-0.05, 0) is 68.4 Å². The van der Waals surface area contributed by atoms with Gasteiger partial charge in [-0.15, -0.1) is 0 Å². The van der Waals surface area contributed by atoms with Gasteiger partial charge in [0.1, 0.15) is 5.60 Å². The van der Waals surface area contributed by atoms with E-state index in [1.165, 1.54) is 11.1 Å².